The number of rotatable bonds is 8. The van der Waals surface area contributed by atoms with Crippen LogP contribution in [0.1, 0.15) is 34.3 Å². The molecule has 0 saturated heterocycles. The number of ether oxygens (including phenoxy) is 1. The van der Waals surface area contributed by atoms with Crippen LogP contribution < -0.4 is 14.8 Å². The summed E-state index contributed by atoms with van der Waals surface area (Å²) in [5.74, 6) is 0.180. The Bertz CT molecular complexity index is 1140. The highest BCUT2D eigenvalue weighted by molar-refractivity contribution is 7.92. The van der Waals surface area contributed by atoms with Crippen molar-refractivity contribution < 1.29 is 17.9 Å². The number of aromatic nitrogens is 2. The van der Waals surface area contributed by atoms with Gasteiger partial charge in [-0.05, 0) is 55.3 Å². The SMILES string of the molecule is CCCc1nnc(NC(=O)c2cc(S(=O)(=O)Nc3ccc(OC)cc3)ccc2C)s1. The molecule has 2 aromatic carbocycles. The maximum Gasteiger partial charge on any atom is 0.261 e. The van der Waals surface area contributed by atoms with Gasteiger partial charge < -0.3 is 4.74 Å². The number of nitrogens with one attached hydrogen (secondary N) is 2. The third kappa shape index (κ3) is 5.14. The van der Waals surface area contributed by atoms with Crippen LogP contribution in [0.3, 0.4) is 0 Å². The molecule has 0 aliphatic heterocycles. The number of nitrogens with zero attached hydrogens (tertiary/aromatic N) is 2. The molecule has 8 nitrogen and oxygen atoms in total. The number of benzene rings is 2. The van der Waals surface area contributed by atoms with E-state index in [0.717, 1.165) is 17.8 Å². The van der Waals surface area contributed by atoms with Crippen LogP contribution in [0.4, 0.5) is 10.8 Å². The van der Waals surface area contributed by atoms with Crippen molar-refractivity contribution in [3.05, 3.63) is 58.6 Å². The van der Waals surface area contributed by atoms with Gasteiger partial charge in [-0.25, -0.2) is 8.42 Å². The van der Waals surface area contributed by atoms with Crippen LogP contribution in [0.15, 0.2) is 47.4 Å². The van der Waals surface area contributed by atoms with Crippen molar-refractivity contribution in [1.82, 2.24) is 10.2 Å². The Labute approximate surface area is 179 Å². The highest BCUT2D eigenvalue weighted by Crippen LogP contribution is 2.23. The number of sulfonamides is 1. The summed E-state index contributed by atoms with van der Waals surface area (Å²) in [6.45, 7) is 3.78. The molecule has 10 heteroatoms. The van der Waals surface area contributed by atoms with Crippen molar-refractivity contribution in [3.8, 4) is 5.75 Å². The predicted molar refractivity (Wildman–Crippen MR) is 117 cm³/mol. The molecule has 1 amide bonds. The van der Waals surface area contributed by atoms with Crippen molar-refractivity contribution in [1.29, 1.82) is 0 Å². The molecule has 0 aliphatic carbocycles. The molecule has 3 aromatic rings. The summed E-state index contributed by atoms with van der Waals surface area (Å²) in [5, 5.41) is 11.9. The van der Waals surface area contributed by atoms with E-state index in [4.69, 9.17) is 4.74 Å². The first-order valence-electron chi connectivity index (χ1n) is 9.23. The minimum absolute atomic E-state index is 0.0157. The van der Waals surface area contributed by atoms with Crippen LogP contribution in [0.2, 0.25) is 0 Å². The first-order valence-corrected chi connectivity index (χ1v) is 11.5. The molecule has 0 spiro atoms. The summed E-state index contributed by atoms with van der Waals surface area (Å²) in [7, 11) is -2.35. The Morgan fingerprint density at radius 1 is 1.13 bits per heavy atom. The maximum atomic E-state index is 12.8. The predicted octanol–water partition coefficient (Wildman–Crippen LogP) is 3.86. The van der Waals surface area contributed by atoms with Gasteiger partial charge in [0.1, 0.15) is 10.8 Å². The van der Waals surface area contributed by atoms with E-state index in [1.807, 2.05) is 6.92 Å². The van der Waals surface area contributed by atoms with Gasteiger partial charge in [-0.1, -0.05) is 24.3 Å². The first-order chi connectivity index (χ1) is 14.3. The summed E-state index contributed by atoms with van der Waals surface area (Å²) in [6, 6.07) is 10.9. The summed E-state index contributed by atoms with van der Waals surface area (Å²) >= 11 is 1.31. The second kappa shape index (κ2) is 9.23. The van der Waals surface area contributed by atoms with E-state index >= 15 is 0 Å². The molecule has 158 valence electrons. The van der Waals surface area contributed by atoms with Gasteiger partial charge >= 0.3 is 0 Å². The van der Waals surface area contributed by atoms with Crippen molar-refractivity contribution in [3.63, 3.8) is 0 Å². The Balaban J connectivity index is 1.81. The summed E-state index contributed by atoms with van der Waals surface area (Å²) < 4.78 is 33.1. The van der Waals surface area contributed by atoms with Crippen molar-refractivity contribution in [2.75, 3.05) is 17.1 Å². The number of anilines is 2. The van der Waals surface area contributed by atoms with Crippen LogP contribution in [0.5, 0.6) is 5.75 Å². The van der Waals surface area contributed by atoms with Gasteiger partial charge in [-0.15, -0.1) is 10.2 Å². The fourth-order valence-corrected chi connectivity index (χ4v) is 4.59. The zero-order valence-corrected chi connectivity index (χ0v) is 18.4. The van der Waals surface area contributed by atoms with Gasteiger partial charge in [-0.2, -0.15) is 0 Å². The molecule has 0 atom stereocenters. The molecule has 0 bridgehead atoms. The smallest absolute Gasteiger partial charge is 0.261 e. The van der Waals surface area contributed by atoms with E-state index in [1.165, 1.54) is 30.6 Å². The molecule has 0 aliphatic rings. The second-order valence-corrected chi connectivity index (χ2v) is 9.26. The van der Waals surface area contributed by atoms with E-state index < -0.39 is 15.9 Å². The van der Waals surface area contributed by atoms with E-state index in [-0.39, 0.29) is 10.5 Å². The third-order valence-corrected chi connectivity index (χ3v) is 6.53. The minimum atomic E-state index is -3.88. The molecule has 2 N–H and O–H groups in total. The first kappa shape index (κ1) is 21.7. The number of amides is 1. The Morgan fingerprint density at radius 2 is 1.87 bits per heavy atom. The van der Waals surface area contributed by atoms with Crippen LogP contribution in [-0.4, -0.2) is 31.6 Å². The lowest BCUT2D eigenvalue weighted by Crippen LogP contribution is -2.17. The molecule has 0 unspecified atom stereocenters. The summed E-state index contributed by atoms with van der Waals surface area (Å²) in [6.07, 6.45) is 1.72. The lowest BCUT2D eigenvalue weighted by molar-refractivity contribution is 0.102. The molecule has 1 heterocycles. The van der Waals surface area contributed by atoms with Gasteiger partial charge in [0.05, 0.1) is 12.0 Å². The van der Waals surface area contributed by atoms with Gasteiger partial charge in [0.25, 0.3) is 15.9 Å². The van der Waals surface area contributed by atoms with E-state index in [2.05, 4.69) is 20.2 Å². The largest absolute Gasteiger partial charge is 0.497 e. The van der Waals surface area contributed by atoms with Crippen molar-refractivity contribution in [2.24, 2.45) is 0 Å². The van der Waals surface area contributed by atoms with Crippen molar-refractivity contribution in [2.45, 2.75) is 31.6 Å². The monoisotopic (exact) mass is 446 g/mol. The van der Waals surface area contributed by atoms with Crippen LogP contribution >= 0.6 is 11.3 Å². The van der Waals surface area contributed by atoms with Crippen molar-refractivity contribution >= 4 is 38.1 Å². The zero-order chi connectivity index (χ0) is 21.7. The maximum absolute atomic E-state index is 12.8. The average Bonchev–Trinajstić information content (AvgIpc) is 3.15. The standard InChI is InChI=1S/C20H22N4O4S2/c1-4-5-18-22-23-20(29-18)21-19(25)17-12-16(11-6-13(17)2)30(26,27)24-14-7-9-15(28-3)10-8-14/h6-12,24H,4-5H2,1-3H3,(H,21,23,25). The Morgan fingerprint density at radius 3 is 2.53 bits per heavy atom. The molecule has 0 saturated carbocycles. The lowest BCUT2D eigenvalue weighted by atomic mass is 10.1. The van der Waals surface area contributed by atoms with Crippen LogP contribution in [0, 0.1) is 6.92 Å². The molecule has 0 fully saturated rings. The van der Waals surface area contributed by atoms with Gasteiger partial charge in [-0.3, -0.25) is 14.8 Å². The highest BCUT2D eigenvalue weighted by Gasteiger charge is 2.19. The third-order valence-electron chi connectivity index (χ3n) is 4.26. The number of hydrogen-bond donors (Lipinski definition) is 2. The van der Waals surface area contributed by atoms with Gasteiger partial charge in [0.2, 0.25) is 5.13 Å². The van der Waals surface area contributed by atoms with E-state index in [9.17, 15) is 13.2 Å². The molecule has 3 rings (SSSR count). The fourth-order valence-electron chi connectivity index (χ4n) is 2.67. The zero-order valence-electron chi connectivity index (χ0n) is 16.8. The number of methoxy groups -OCH3 is 1. The number of carbonyl (C=O) groups excluding carboxylic acids is 1. The number of aryl methyl sites for hydroxylation is 2. The number of hydrogen-bond acceptors (Lipinski definition) is 7. The Kier molecular flexibility index (Phi) is 6.68. The summed E-state index contributed by atoms with van der Waals surface area (Å²) in [4.78, 5) is 12.7. The lowest BCUT2D eigenvalue weighted by Gasteiger charge is -2.11. The van der Waals surface area contributed by atoms with E-state index in [1.54, 1.807) is 37.3 Å². The van der Waals surface area contributed by atoms with Gasteiger partial charge in [0, 0.05) is 17.7 Å². The topological polar surface area (TPSA) is 110 Å². The molecule has 30 heavy (non-hydrogen) atoms. The van der Waals surface area contributed by atoms with Crippen LogP contribution in [-0.2, 0) is 16.4 Å². The molecular weight excluding hydrogens is 424 g/mol. The Hall–Kier alpha value is -2.98. The number of carbonyl (C=O) groups is 1. The second-order valence-electron chi connectivity index (χ2n) is 6.52. The quantitative estimate of drug-likeness (QED) is 0.544. The fraction of sp³-hybridized carbons (Fsp3) is 0.250. The highest BCUT2D eigenvalue weighted by atomic mass is 32.2. The average molecular weight is 447 g/mol. The molecule has 1 aromatic heterocycles. The summed E-state index contributed by atoms with van der Waals surface area (Å²) in [5.41, 5.74) is 1.29. The normalized spacial score (nSPS) is 11.2. The van der Waals surface area contributed by atoms with Crippen LogP contribution in [0.25, 0.3) is 0 Å². The molecule has 0 radical (unpaired) electrons. The minimum Gasteiger partial charge on any atom is -0.497 e. The molecular formula is C20H22N4O4S2. The van der Waals surface area contributed by atoms with E-state index in [0.29, 0.717) is 22.1 Å². The van der Waals surface area contributed by atoms with Gasteiger partial charge in [0.15, 0.2) is 0 Å².